The van der Waals surface area contributed by atoms with Crippen molar-refractivity contribution in [3.63, 3.8) is 0 Å². The molecular formula is C13H23N3O. The van der Waals surface area contributed by atoms with Gasteiger partial charge in [-0.15, -0.1) is 0 Å². The van der Waals surface area contributed by atoms with Gasteiger partial charge in [0, 0.05) is 26.2 Å². The van der Waals surface area contributed by atoms with Crippen LogP contribution in [-0.4, -0.2) is 49.8 Å². The van der Waals surface area contributed by atoms with Crippen LogP contribution in [0.5, 0.6) is 0 Å². The standard InChI is InChI=1S/C13H23N3O/c1-2-15-13(10-14,12-4-5-12)11-16-6-3-8-17-9-7-16/h12,15H,2-9,11H2,1H3. The lowest BCUT2D eigenvalue weighted by atomic mass is 9.94. The molecule has 4 heteroatoms. The number of likely N-dealkylation sites (N-methyl/N-ethyl adjacent to an activating group) is 1. The van der Waals surface area contributed by atoms with Crippen LogP contribution in [0.25, 0.3) is 0 Å². The summed E-state index contributed by atoms with van der Waals surface area (Å²) in [5.41, 5.74) is -0.320. The first kappa shape index (κ1) is 12.8. The lowest BCUT2D eigenvalue weighted by molar-refractivity contribution is 0.134. The van der Waals surface area contributed by atoms with Crippen LogP contribution >= 0.6 is 0 Å². The number of nitrogens with one attached hydrogen (secondary N) is 1. The van der Waals surface area contributed by atoms with E-state index >= 15 is 0 Å². The van der Waals surface area contributed by atoms with E-state index in [0.717, 1.165) is 45.8 Å². The monoisotopic (exact) mass is 237 g/mol. The van der Waals surface area contributed by atoms with Crippen LogP contribution < -0.4 is 5.32 Å². The van der Waals surface area contributed by atoms with E-state index in [2.05, 4.69) is 23.2 Å². The Kier molecular flexibility index (Phi) is 4.38. The number of rotatable bonds is 5. The van der Waals surface area contributed by atoms with Gasteiger partial charge >= 0.3 is 0 Å². The third-order valence-corrected chi connectivity index (χ3v) is 3.75. The number of ether oxygens (including phenoxy) is 1. The molecule has 1 saturated carbocycles. The number of hydrogen-bond donors (Lipinski definition) is 1. The third-order valence-electron chi connectivity index (χ3n) is 3.75. The predicted molar refractivity (Wildman–Crippen MR) is 66.6 cm³/mol. The van der Waals surface area contributed by atoms with E-state index in [-0.39, 0.29) is 5.54 Å². The maximum Gasteiger partial charge on any atom is 0.122 e. The Balaban J connectivity index is 1.98. The van der Waals surface area contributed by atoms with E-state index in [4.69, 9.17) is 4.74 Å². The Morgan fingerprint density at radius 1 is 1.41 bits per heavy atom. The average molecular weight is 237 g/mol. The summed E-state index contributed by atoms with van der Waals surface area (Å²) in [6.07, 6.45) is 3.48. The summed E-state index contributed by atoms with van der Waals surface area (Å²) in [4.78, 5) is 2.39. The molecule has 17 heavy (non-hydrogen) atoms. The minimum Gasteiger partial charge on any atom is -0.380 e. The smallest absolute Gasteiger partial charge is 0.122 e. The van der Waals surface area contributed by atoms with Gasteiger partial charge in [-0.2, -0.15) is 5.26 Å². The van der Waals surface area contributed by atoms with Crippen LogP contribution in [0.2, 0.25) is 0 Å². The normalized spacial score (nSPS) is 25.9. The first-order valence-corrected chi connectivity index (χ1v) is 6.77. The van der Waals surface area contributed by atoms with Crippen molar-refractivity contribution in [1.29, 1.82) is 5.26 Å². The van der Waals surface area contributed by atoms with Gasteiger partial charge in [0.1, 0.15) is 5.54 Å². The van der Waals surface area contributed by atoms with Crippen molar-refractivity contribution in [2.75, 3.05) is 39.4 Å². The second-order valence-corrected chi connectivity index (χ2v) is 5.13. The highest BCUT2D eigenvalue weighted by Crippen LogP contribution is 2.40. The van der Waals surface area contributed by atoms with Crippen molar-refractivity contribution < 1.29 is 4.74 Å². The van der Waals surface area contributed by atoms with E-state index in [0.29, 0.717) is 5.92 Å². The Morgan fingerprint density at radius 3 is 2.88 bits per heavy atom. The van der Waals surface area contributed by atoms with Crippen LogP contribution in [0.1, 0.15) is 26.2 Å². The number of nitriles is 1. The molecule has 2 rings (SSSR count). The summed E-state index contributed by atoms with van der Waals surface area (Å²) in [5.74, 6) is 0.552. The van der Waals surface area contributed by atoms with Gasteiger partial charge in [0.15, 0.2) is 0 Å². The molecule has 1 unspecified atom stereocenters. The molecule has 2 aliphatic rings. The molecule has 1 saturated heterocycles. The van der Waals surface area contributed by atoms with Crippen LogP contribution in [0, 0.1) is 17.2 Å². The Morgan fingerprint density at radius 2 is 2.24 bits per heavy atom. The molecule has 0 amide bonds. The molecule has 1 aliphatic heterocycles. The zero-order chi connectivity index (χ0) is 12.1. The first-order valence-electron chi connectivity index (χ1n) is 6.77. The van der Waals surface area contributed by atoms with Crippen molar-refractivity contribution in [2.45, 2.75) is 31.7 Å². The van der Waals surface area contributed by atoms with Gasteiger partial charge in [0.2, 0.25) is 0 Å². The Hall–Kier alpha value is -0.630. The SMILES string of the molecule is CCNC(C#N)(CN1CCCOCC1)C1CC1. The zero-order valence-electron chi connectivity index (χ0n) is 10.7. The fourth-order valence-corrected chi connectivity index (χ4v) is 2.70. The third kappa shape index (κ3) is 3.19. The van der Waals surface area contributed by atoms with Crippen molar-refractivity contribution in [2.24, 2.45) is 5.92 Å². The minimum atomic E-state index is -0.320. The van der Waals surface area contributed by atoms with Crippen LogP contribution in [-0.2, 0) is 4.74 Å². The van der Waals surface area contributed by atoms with Crippen LogP contribution in [0.15, 0.2) is 0 Å². The highest BCUT2D eigenvalue weighted by Gasteiger charge is 2.46. The van der Waals surface area contributed by atoms with Gasteiger partial charge in [0.05, 0.1) is 12.7 Å². The second kappa shape index (κ2) is 5.81. The second-order valence-electron chi connectivity index (χ2n) is 5.13. The molecule has 0 aromatic carbocycles. The summed E-state index contributed by atoms with van der Waals surface area (Å²) in [6.45, 7) is 7.49. The minimum absolute atomic E-state index is 0.320. The molecule has 0 bridgehead atoms. The summed E-state index contributed by atoms with van der Waals surface area (Å²) in [6, 6.07) is 2.55. The van der Waals surface area contributed by atoms with Gasteiger partial charge in [-0.1, -0.05) is 6.92 Å². The van der Waals surface area contributed by atoms with Crippen molar-refractivity contribution in [3.05, 3.63) is 0 Å². The zero-order valence-corrected chi connectivity index (χ0v) is 10.7. The van der Waals surface area contributed by atoms with Crippen molar-refractivity contribution in [3.8, 4) is 6.07 Å². The van der Waals surface area contributed by atoms with Gasteiger partial charge in [-0.25, -0.2) is 0 Å². The molecule has 96 valence electrons. The quantitative estimate of drug-likeness (QED) is 0.774. The largest absolute Gasteiger partial charge is 0.380 e. The maximum atomic E-state index is 9.55. The van der Waals surface area contributed by atoms with E-state index in [1.54, 1.807) is 0 Å². The lowest BCUT2D eigenvalue weighted by Gasteiger charge is -2.33. The lowest BCUT2D eigenvalue weighted by Crippen LogP contribution is -2.54. The molecule has 1 heterocycles. The predicted octanol–water partition coefficient (Wildman–Crippen LogP) is 0.991. The van der Waals surface area contributed by atoms with E-state index in [1.165, 1.54) is 12.8 Å². The molecule has 1 atom stereocenters. The number of hydrogen-bond acceptors (Lipinski definition) is 4. The van der Waals surface area contributed by atoms with Crippen molar-refractivity contribution in [1.82, 2.24) is 10.2 Å². The van der Waals surface area contributed by atoms with Crippen LogP contribution in [0.3, 0.4) is 0 Å². The van der Waals surface area contributed by atoms with Gasteiger partial charge in [0.25, 0.3) is 0 Å². The molecule has 0 spiro atoms. The molecule has 4 nitrogen and oxygen atoms in total. The fourth-order valence-electron chi connectivity index (χ4n) is 2.70. The molecular weight excluding hydrogens is 214 g/mol. The van der Waals surface area contributed by atoms with E-state index in [1.807, 2.05) is 0 Å². The Labute approximate surface area is 104 Å². The topological polar surface area (TPSA) is 48.3 Å². The van der Waals surface area contributed by atoms with E-state index < -0.39 is 0 Å². The van der Waals surface area contributed by atoms with Gasteiger partial charge < -0.3 is 4.74 Å². The molecule has 1 N–H and O–H groups in total. The Bertz CT molecular complexity index is 277. The van der Waals surface area contributed by atoms with Gasteiger partial charge in [-0.05, 0) is 31.7 Å². The summed E-state index contributed by atoms with van der Waals surface area (Å²) < 4.78 is 5.46. The van der Waals surface area contributed by atoms with Gasteiger partial charge in [-0.3, -0.25) is 10.2 Å². The maximum absolute atomic E-state index is 9.55. The molecule has 0 radical (unpaired) electrons. The van der Waals surface area contributed by atoms with E-state index in [9.17, 15) is 5.26 Å². The summed E-state index contributed by atoms with van der Waals surface area (Å²) in [5, 5.41) is 13.0. The highest BCUT2D eigenvalue weighted by molar-refractivity contribution is 5.16. The number of nitrogens with zero attached hydrogens (tertiary/aromatic N) is 2. The first-order chi connectivity index (χ1) is 8.30. The summed E-state index contributed by atoms with van der Waals surface area (Å²) >= 11 is 0. The van der Waals surface area contributed by atoms with Crippen molar-refractivity contribution >= 4 is 0 Å². The molecule has 2 fully saturated rings. The average Bonchev–Trinajstić information content (AvgIpc) is 3.16. The molecule has 1 aliphatic carbocycles. The molecule has 0 aromatic rings. The highest BCUT2D eigenvalue weighted by atomic mass is 16.5. The molecule has 0 aromatic heterocycles. The van der Waals surface area contributed by atoms with Crippen LogP contribution in [0.4, 0.5) is 0 Å². The fraction of sp³-hybridized carbons (Fsp3) is 0.923. The summed E-state index contributed by atoms with van der Waals surface area (Å²) in [7, 11) is 0.